The van der Waals surface area contributed by atoms with Gasteiger partial charge in [-0.25, -0.2) is 15.0 Å². The highest BCUT2D eigenvalue weighted by molar-refractivity contribution is 5.99. The van der Waals surface area contributed by atoms with Crippen LogP contribution in [0.5, 0.6) is 0 Å². The zero-order valence-electron chi connectivity index (χ0n) is 55.7. The first kappa shape index (κ1) is 60.2. The SMILES string of the molecule is Cc1c(C)c(C)c2c(c1C)Cc1c(C)c(C)c(C)c(C)c1N2c1cc(-c2cccc(C#N)c2)ccc1-c1nc(-c2ccc(-c3cccc(C#N)c3)cc2)nc(-c2ccc(-c3cccc(C#N)c3)cc2N2c3c(C)c(C)c(C)c(C)c3Cc3c(C)c(C)c(C)c(C)c32)n1. The van der Waals surface area contributed by atoms with Crippen molar-refractivity contribution in [3.63, 3.8) is 0 Å². The lowest BCUT2D eigenvalue weighted by Gasteiger charge is -2.40. The Morgan fingerprint density at radius 2 is 0.533 bits per heavy atom. The van der Waals surface area contributed by atoms with Crippen LogP contribution >= 0.6 is 0 Å². The van der Waals surface area contributed by atoms with E-state index in [2.05, 4.69) is 212 Å². The monoisotopic (exact) mass is 1190 g/mol. The van der Waals surface area contributed by atoms with Gasteiger partial charge in [-0.3, -0.25) is 0 Å². The topological polar surface area (TPSA) is 117 Å². The van der Waals surface area contributed by atoms with Crippen LogP contribution in [0.1, 0.15) is 128 Å². The fourth-order valence-corrected chi connectivity index (χ4v) is 14.6. The van der Waals surface area contributed by atoms with E-state index in [-0.39, 0.29) is 0 Å². The Kier molecular flexibility index (Phi) is 15.0. The van der Waals surface area contributed by atoms with Gasteiger partial charge in [-0.2, -0.15) is 15.8 Å². The lowest BCUT2D eigenvalue weighted by atomic mass is 9.80. The van der Waals surface area contributed by atoms with E-state index in [4.69, 9.17) is 15.0 Å². The van der Waals surface area contributed by atoms with Gasteiger partial charge in [0, 0.05) is 29.5 Å². The van der Waals surface area contributed by atoms with Crippen molar-refractivity contribution < 1.29 is 0 Å². The Labute approximate surface area is 542 Å². The summed E-state index contributed by atoms with van der Waals surface area (Å²) >= 11 is 0. The van der Waals surface area contributed by atoms with E-state index in [1.165, 1.54) is 111 Å². The summed E-state index contributed by atoms with van der Waals surface area (Å²) in [4.78, 5) is 22.3. The Balaban J connectivity index is 1.17. The fourth-order valence-electron chi connectivity index (χ4n) is 14.6. The van der Waals surface area contributed by atoms with Crippen molar-refractivity contribution in [1.82, 2.24) is 15.0 Å². The van der Waals surface area contributed by atoms with Crippen LogP contribution in [0, 0.1) is 145 Å². The number of nitriles is 3. The summed E-state index contributed by atoms with van der Waals surface area (Å²) in [6.45, 7) is 36.3. The van der Waals surface area contributed by atoms with Crippen LogP contribution in [0.4, 0.5) is 34.1 Å². The standard InChI is InChI=1S/C84H74N8/c1-44-48(5)56(13)78-72(52(44)9)39-73-53(10)45(2)49(6)57(14)79(73)91(78)76-37-68(66-24-18-21-61(35-66)42-86)30-32-70(76)83-88-82(64-28-26-63(27-29-64)65-23-17-20-60(34-65)41-85)89-84(90-83)71-33-31-69(67-25-19-22-62(36-67)43-87)38-77(71)92-80-58(15)50(7)46(3)54(11)74(80)40-75-55(12)47(4)51(8)59(16)81(75)92/h17-38H,39-40H2,1-16H3. The third-order valence-corrected chi connectivity index (χ3v) is 21.4. The molecule has 2 aliphatic rings. The summed E-state index contributed by atoms with van der Waals surface area (Å²) in [6.07, 6.45) is 1.58. The molecule has 0 unspecified atom stereocenters. The van der Waals surface area contributed by atoms with Crippen LogP contribution in [0.2, 0.25) is 0 Å². The minimum absolute atomic E-state index is 0.487. The molecular weight excluding hydrogens is 1120 g/mol. The summed E-state index contributed by atoms with van der Waals surface area (Å²) in [5.41, 5.74) is 41.6. The van der Waals surface area contributed by atoms with Crippen LogP contribution in [0.25, 0.3) is 67.5 Å². The molecule has 0 saturated carbocycles. The van der Waals surface area contributed by atoms with Gasteiger partial charge >= 0.3 is 0 Å². The molecule has 0 spiro atoms. The fraction of sp³-hybridized carbons (Fsp3) is 0.214. The number of fused-ring (bicyclic) bond motifs is 4. The minimum atomic E-state index is 0.487. The first-order valence-electron chi connectivity index (χ1n) is 31.8. The largest absolute Gasteiger partial charge is 0.309 e. The summed E-state index contributed by atoms with van der Waals surface area (Å²) < 4.78 is 0. The second-order valence-corrected chi connectivity index (χ2v) is 25.8. The van der Waals surface area contributed by atoms with Gasteiger partial charge in [0.15, 0.2) is 17.5 Å². The highest BCUT2D eigenvalue weighted by Gasteiger charge is 2.37. The third-order valence-electron chi connectivity index (χ3n) is 21.4. The summed E-state index contributed by atoms with van der Waals surface area (Å²) in [5, 5.41) is 30.5. The lowest BCUT2D eigenvalue weighted by Crippen LogP contribution is -2.25. The smallest absolute Gasteiger partial charge is 0.166 e. The average molecular weight is 1200 g/mol. The van der Waals surface area contributed by atoms with Crippen molar-refractivity contribution >= 4 is 34.1 Å². The Hall–Kier alpha value is -10.7. The van der Waals surface area contributed by atoms with Crippen LogP contribution in [0.3, 0.4) is 0 Å². The van der Waals surface area contributed by atoms with Gasteiger partial charge in [0.2, 0.25) is 0 Å². The maximum atomic E-state index is 10.3. The predicted octanol–water partition coefficient (Wildman–Crippen LogP) is 21.2. The third kappa shape index (κ3) is 9.57. The highest BCUT2D eigenvalue weighted by atomic mass is 15.2. The number of hydrogen-bond donors (Lipinski definition) is 0. The molecule has 11 aromatic rings. The van der Waals surface area contributed by atoms with Gasteiger partial charge in [-0.05, 0) is 316 Å². The molecule has 1 aromatic heterocycles. The van der Waals surface area contributed by atoms with Crippen LogP contribution in [0.15, 0.2) is 133 Å². The zero-order valence-corrected chi connectivity index (χ0v) is 55.7. The summed E-state index contributed by atoms with van der Waals surface area (Å²) in [5.74, 6) is 1.46. The molecule has 0 bridgehead atoms. The Morgan fingerprint density at radius 3 is 0.848 bits per heavy atom. The van der Waals surface area contributed by atoms with E-state index in [9.17, 15) is 15.8 Å². The van der Waals surface area contributed by atoms with Gasteiger partial charge in [-0.15, -0.1) is 0 Å². The quantitative estimate of drug-likeness (QED) is 0.148. The minimum Gasteiger partial charge on any atom is -0.309 e. The number of anilines is 6. The molecule has 13 rings (SSSR count). The van der Waals surface area contributed by atoms with Crippen molar-refractivity contribution in [1.29, 1.82) is 15.8 Å². The average Bonchev–Trinajstić information content (AvgIpc) is 0.720. The van der Waals surface area contributed by atoms with Gasteiger partial charge in [0.25, 0.3) is 0 Å². The van der Waals surface area contributed by atoms with Crippen molar-refractivity contribution in [3.8, 4) is 85.8 Å². The van der Waals surface area contributed by atoms with Gasteiger partial charge in [-0.1, -0.05) is 72.8 Å². The molecule has 2 aliphatic heterocycles. The maximum Gasteiger partial charge on any atom is 0.166 e. The molecule has 92 heavy (non-hydrogen) atoms. The normalized spacial score (nSPS) is 12.2. The number of aromatic nitrogens is 3. The number of nitrogens with zero attached hydrogens (tertiary/aromatic N) is 8. The zero-order chi connectivity index (χ0) is 65.0. The molecule has 0 amide bonds. The molecule has 0 atom stereocenters. The van der Waals surface area contributed by atoms with Crippen molar-refractivity contribution in [3.05, 3.63) is 261 Å². The van der Waals surface area contributed by atoms with E-state index >= 15 is 0 Å². The molecule has 0 N–H and O–H groups in total. The molecule has 10 aromatic carbocycles. The number of benzene rings is 10. The van der Waals surface area contributed by atoms with Gasteiger partial charge in [0.05, 0.1) is 69.0 Å². The van der Waals surface area contributed by atoms with Crippen molar-refractivity contribution in [2.24, 2.45) is 0 Å². The summed E-state index contributed by atoms with van der Waals surface area (Å²) in [6, 6.07) is 52.1. The Bertz CT molecular complexity index is 4750. The molecule has 0 fully saturated rings. The van der Waals surface area contributed by atoms with Gasteiger partial charge in [0.1, 0.15) is 0 Å². The van der Waals surface area contributed by atoms with Crippen LogP contribution in [-0.2, 0) is 12.8 Å². The lowest BCUT2D eigenvalue weighted by molar-refractivity contribution is 0.992. The van der Waals surface area contributed by atoms with Crippen LogP contribution in [-0.4, -0.2) is 15.0 Å². The second-order valence-electron chi connectivity index (χ2n) is 25.8. The molecule has 8 nitrogen and oxygen atoms in total. The molecule has 0 saturated heterocycles. The summed E-state index contributed by atoms with van der Waals surface area (Å²) in [7, 11) is 0. The molecule has 8 heteroatoms. The first-order valence-corrected chi connectivity index (χ1v) is 31.8. The number of hydrogen-bond acceptors (Lipinski definition) is 8. The van der Waals surface area contributed by atoms with E-state index in [0.29, 0.717) is 34.2 Å². The van der Waals surface area contributed by atoms with E-state index in [0.717, 1.165) is 97.0 Å². The van der Waals surface area contributed by atoms with Gasteiger partial charge < -0.3 is 9.80 Å². The molecule has 0 aliphatic carbocycles. The van der Waals surface area contributed by atoms with Crippen LogP contribution < -0.4 is 9.80 Å². The first-order chi connectivity index (χ1) is 44.1. The molecule has 3 heterocycles. The van der Waals surface area contributed by atoms with E-state index in [1.54, 1.807) is 0 Å². The Morgan fingerprint density at radius 1 is 0.272 bits per heavy atom. The second kappa shape index (κ2) is 22.9. The molecular formula is C84H74N8. The van der Waals surface area contributed by atoms with Crippen molar-refractivity contribution in [2.75, 3.05) is 9.80 Å². The molecule has 450 valence electrons. The highest BCUT2D eigenvalue weighted by Crippen LogP contribution is 2.56. The number of rotatable bonds is 8. The van der Waals surface area contributed by atoms with E-state index < -0.39 is 0 Å². The van der Waals surface area contributed by atoms with E-state index in [1.807, 2.05) is 60.7 Å². The maximum absolute atomic E-state index is 10.3. The predicted molar refractivity (Wildman–Crippen MR) is 377 cm³/mol. The molecule has 0 radical (unpaired) electrons. The van der Waals surface area contributed by atoms with Crippen molar-refractivity contribution in [2.45, 2.75) is 124 Å².